The van der Waals surface area contributed by atoms with Gasteiger partial charge in [0.25, 0.3) is 0 Å². The molecule has 4 N–H and O–H groups in total. The normalized spacial score (nSPS) is 14.5. The van der Waals surface area contributed by atoms with Crippen LogP contribution in [0.3, 0.4) is 0 Å². The van der Waals surface area contributed by atoms with Crippen LogP contribution >= 0.6 is 15.9 Å². The van der Waals surface area contributed by atoms with E-state index in [1.165, 1.54) is 0 Å². The average Bonchev–Trinajstić information content (AvgIpc) is 2.23. The zero-order valence-corrected chi connectivity index (χ0v) is 10.8. The van der Waals surface area contributed by atoms with E-state index in [9.17, 15) is 4.79 Å². The van der Waals surface area contributed by atoms with Crippen molar-refractivity contribution in [3.8, 4) is 0 Å². The third kappa shape index (κ3) is 2.81. The van der Waals surface area contributed by atoms with Gasteiger partial charge in [-0.05, 0) is 37.2 Å². The molecule has 0 aliphatic carbocycles. The third-order valence-electron chi connectivity index (χ3n) is 2.53. The van der Waals surface area contributed by atoms with Gasteiger partial charge in [0.2, 0.25) is 0 Å². The van der Waals surface area contributed by atoms with Crippen LogP contribution in [0.1, 0.15) is 17.2 Å². The van der Waals surface area contributed by atoms with Gasteiger partial charge in [0, 0.05) is 4.47 Å². The largest absolute Gasteiger partial charge is 0.480 e. The highest BCUT2D eigenvalue weighted by Gasteiger charge is 2.25. The number of aryl methyl sites for hydroxylation is 1. The Bertz CT molecular complexity index is 396. The van der Waals surface area contributed by atoms with Crippen LogP contribution in [0.5, 0.6) is 0 Å². The lowest BCUT2D eigenvalue weighted by molar-refractivity contribution is -0.139. The Morgan fingerprint density at radius 3 is 2.69 bits per heavy atom. The number of nitrogens with one attached hydrogen (secondary N) is 1. The van der Waals surface area contributed by atoms with Gasteiger partial charge in [0.15, 0.2) is 0 Å². The Labute approximate surface area is 103 Å². The van der Waals surface area contributed by atoms with Gasteiger partial charge in [-0.2, -0.15) is 0 Å². The van der Waals surface area contributed by atoms with E-state index in [1.807, 2.05) is 25.1 Å². The van der Waals surface area contributed by atoms with Gasteiger partial charge in [-0.3, -0.25) is 4.79 Å². The Morgan fingerprint density at radius 2 is 2.19 bits per heavy atom. The minimum Gasteiger partial charge on any atom is -0.480 e. The van der Waals surface area contributed by atoms with Crippen molar-refractivity contribution in [1.82, 2.24) is 5.32 Å². The molecule has 16 heavy (non-hydrogen) atoms. The number of rotatable bonds is 4. The lowest BCUT2D eigenvalue weighted by atomic mass is 9.96. The Morgan fingerprint density at radius 1 is 1.56 bits per heavy atom. The third-order valence-corrected chi connectivity index (χ3v) is 3.02. The summed E-state index contributed by atoms with van der Waals surface area (Å²) in [5, 5.41) is 11.9. The number of carboxylic acid groups (broad SMARTS) is 1. The van der Waals surface area contributed by atoms with Crippen LogP contribution in [-0.2, 0) is 4.79 Å². The number of carbonyl (C=O) groups is 1. The fourth-order valence-electron chi connectivity index (χ4n) is 1.62. The molecule has 1 rings (SSSR count). The molecule has 2 unspecified atom stereocenters. The lowest BCUT2D eigenvalue weighted by Crippen LogP contribution is -2.42. The van der Waals surface area contributed by atoms with Crippen molar-refractivity contribution in [1.29, 1.82) is 0 Å². The zero-order chi connectivity index (χ0) is 12.3. The maximum atomic E-state index is 10.9. The summed E-state index contributed by atoms with van der Waals surface area (Å²) in [6.07, 6.45) is 0. The molecule has 0 saturated heterocycles. The van der Waals surface area contributed by atoms with E-state index in [4.69, 9.17) is 10.8 Å². The average molecular weight is 287 g/mol. The molecule has 0 amide bonds. The Hall–Kier alpha value is -0.910. The summed E-state index contributed by atoms with van der Waals surface area (Å²) in [7, 11) is 1.70. The van der Waals surface area contributed by atoms with Crippen molar-refractivity contribution in [2.24, 2.45) is 5.73 Å². The van der Waals surface area contributed by atoms with Crippen molar-refractivity contribution in [2.75, 3.05) is 7.05 Å². The maximum Gasteiger partial charge on any atom is 0.322 e. The van der Waals surface area contributed by atoms with Gasteiger partial charge in [-0.25, -0.2) is 0 Å². The Balaban J connectivity index is 3.12. The van der Waals surface area contributed by atoms with Gasteiger partial charge >= 0.3 is 5.97 Å². The molecule has 0 spiro atoms. The molecular weight excluding hydrogens is 272 g/mol. The summed E-state index contributed by atoms with van der Waals surface area (Å²) < 4.78 is 0.908. The van der Waals surface area contributed by atoms with Gasteiger partial charge < -0.3 is 16.2 Å². The van der Waals surface area contributed by atoms with E-state index >= 15 is 0 Å². The molecular formula is C11H15BrN2O2. The molecule has 0 aliphatic heterocycles. The highest BCUT2D eigenvalue weighted by atomic mass is 79.9. The van der Waals surface area contributed by atoms with E-state index in [1.54, 1.807) is 7.05 Å². The molecule has 0 heterocycles. The molecule has 0 bridgehead atoms. The number of hydrogen-bond acceptors (Lipinski definition) is 3. The fourth-order valence-corrected chi connectivity index (χ4v) is 2.00. The van der Waals surface area contributed by atoms with Crippen molar-refractivity contribution >= 4 is 21.9 Å². The van der Waals surface area contributed by atoms with Gasteiger partial charge in [0.1, 0.15) is 6.04 Å². The van der Waals surface area contributed by atoms with Crippen LogP contribution < -0.4 is 11.1 Å². The van der Waals surface area contributed by atoms with Crippen LogP contribution in [0, 0.1) is 6.92 Å². The number of likely N-dealkylation sites (N-methyl/N-ethyl adjacent to an activating group) is 1. The summed E-state index contributed by atoms with van der Waals surface area (Å²) in [6.45, 7) is 1.93. The molecule has 0 radical (unpaired) electrons. The monoisotopic (exact) mass is 286 g/mol. The van der Waals surface area contributed by atoms with Crippen molar-refractivity contribution in [2.45, 2.75) is 19.0 Å². The first kappa shape index (κ1) is 13.2. The quantitative estimate of drug-likeness (QED) is 0.783. The van der Waals surface area contributed by atoms with Crippen LogP contribution in [-0.4, -0.2) is 24.2 Å². The number of carboxylic acids is 1. The summed E-state index contributed by atoms with van der Waals surface area (Å²) in [5.41, 5.74) is 7.55. The second-order valence-electron chi connectivity index (χ2n) is 3.63. The van der Waals surface area contributed by atoms with Crippen LogP contribution in [0.4, 0.5) is 0 Å². The molecule has 1 aromatic rings. The van der Waals surface area contributed by atoms with E-state index in [2.05, 4.69) is 21.2 Å². The molecule has 4 nitrogen and oxygen atoms in total. The van der Waals surface area contributed by atoms with E-state index in [0.717, 1.165) is 15.6 Å². The number of benzene rings is 1. The SMILES string of the molecule is CNC(c1cc(Br)ccc1C)C(N)C(=O)O. The van der Waals surface area contributed by atoms with Crippen molar-refractivity contribution in [3.63, 3.8) is 0 Å². The highest BCUT2D eigenvalue weighted by Crippen LogP contribution is 2.23. The first-order valence-electron chi connectivity index (χ1n) is 4.89. The second-order valence-corrected chi connectivity index (χ2v) is 4.55. The van der Waals surface area contributed by atoms with E-state index in [0.29, 0.717) is 0 Å². The van der Waals surface area contributed by atoms with E-state index in [-0.39, 0.29) is 0 Å². The standard InChI is InChI=1S/C11H15BrN2O2/c1-6-3-4-7(12)5-8(6)10(14-2)9(13)11(15)16/h3-5,9-10,14H,13H2,1-2H3,(H,15,16). The summed E-state index contributed by atoms with van der Waals surface area (Å²) >= 11 is 3.36. The minimum atomic E-state index is -1.02. The van der Waals surface area contributed by atoms with Crippen LogP contribution in [0.2, 0.25) is 0 Å². The number of hydrogen-bond donors (Lipinski definition) is 3. The molecule has 0 saturated carbocycles. The molecule has 0 aliphatic rings. The van der Waals surface area contributed by atoms with Gasteiger partial charge in [-0.15, -0.1) is 0 Å². The number of aliphatic carboxylic acids is 1. The molecule has 88 valence electrons. The minimum absolute atomic E-state index is 0.394. The topological polar surface area (TPSA) is 75.3 Å². The summed E-state index contributed by atoms with van der Waals surface area (Å²) in [5.74, 6) is -1.02. The van der Waals surface area contributed by atoms with Crippen molar-refractivity contribution < 1.29 is 9.90 Å². The lowest BCUT2D eigenvalue weighted by Gasteiger charge is -2.22. The first-order chi connectivity index (χ1) is 7.47. The number of halogens is 1. The highest BCUT2D eigenvalue weighted by molar-refractivity contribution is 9.10. The predicted octanol–water partition coefficient (Wildman–Crippen LogP) is 1.43. The second kappa shape index (κ2) is 5.43. The van der Waals surface area contributed by atoms with Gasteiger partial charge in [-0.1, -0.05) is 22.0 Å². The molecule has 1 aromatic carbocycles. The van der Waals surface area contributed by atoms with Crippen LogP contribution in [0.25, 0.3) is 0 Å². The smallest absolute Gasteiger partial charge is 0.322 e. The van der Waals surface area contributed by atoms with E-state index < -0.39 is 18.1 Å². The van der Waals surface area contributed by atoms with Crippen molar-refractivity contribution in [3.05, 3.63) is 33.8 Å². The zero-order valence-electron chi connectivity index (χ0n) is 9.20. The number of nitrogens with two attached hydrogens (primary N) is 1. The Kier molecular flexibility index (Phi) is 4.46. The van der Waals surface area contributed by atoms with Crippen LogP contribution in [0.15, 0.2) is 22.7 Å². The molecule has 0 aromatic heterocycles. The fraction of sp³-hybridized carbons (Fsp3) is 0.364. The molecule has 0 fully saturated rings. The predicted molar refractivity (Wildman–Crippen MR) is 66.3 cm³/mol. The summed E-state index contributed by atoms with van der Waals surface area (Å²) in [6, 6.07) is 4.38. The van der Waals surface area contributed by atoms with Gasteiger partial charge in [0.05, 0.1) is 6.04 Å². The molecule has 5 heteroatoms. The molecule has 2 atom stereocenters. The summed E-state index contributed by atoms with van der Waals surface area (Å²) in [4.78, 5) is 10.9. The first-order valence-corrected chi connectivity index (χ1v) is 5.68. The maximum absolute atomic E-state index is 10.9.